The lowest BCUT2D eigenvalue weighted by atomic mass is 10.3. The fourth-order valence-corrected chi connectivity index (χ4v) is 2.40. The second-order valence-electron chi connectivity index (χ2n) is 3.32. The van der Waals surface area contributed by atoms with Gasteiger partial charge in [-0.25, -0.2) is 8.42 Å². The van der Waals surface area contributed by atoms with Gasteiger partial charge in [0.15, 0.2) is 0 Å². The zero-order chi connectivity index (χ0) is 11.6. The summed E-state index contributed by atoms with van der Waals surface area (Å²) in [5.74, 6) is 0. The zero-order valence-corrected chi connectivity index (χ0v) is 12.3. The first kappa shape index (κ1) is 13.0. The maximum Gasteiger partial charge on any atom is 0.235 e. The standard InChI is InChI=1S/C9H11Br2NO2S/c1-6(2)15(13,14)12-9-5-7(10)3-4-8(9)11/h3-6,12H,1-2H3. The van der Waals surface area contributed by atoms with Crippen molar-refractivity contribution in [1.29, 1.82) is 0 Å². The molecular formula is C9H11Br2NO2S. The Bertz CT molecular complexity index is 457. The fraction of sp³-hybridized carbons (Fsp3) is 0.333. The van der Waals surface area contributed by atoms with E-state index in [9.17, 15) is 8.42 Å². The summed E-state index contributed by atoms with van der Waals surface area (Å²) in [6.45, 7) is 3.27. The van der Waals surface area contributed by atoms with Gasteiger partial charge in [0, 0.05) is 8.95 Å². The van der Waals surface area contributed by atoms with Crippen molar-refractivity contribution in [3.05, 3.63) is 27.1 Å². The van der Waals surface area contributed by atoms with Crippen LogP contribution in [0.25, 0.3) is 0 Å². The predicted molar refractivity (Wildman–Crippen MR) is 69.5 cm³/mol. The molecule has 0 aromatic heterocycles. The molecule has 0 heterocycles. The minimum Gasteiger partial charge on any atom is -0.282 e. The minimum absolute atomic E-state index is 0.455. The summed E-state index contributed by atoms with van der Waals surface area (Å²) in [7, 11) is -3.29. The van der Waals surface area contributed by atoms with Crippen LogP contribution >= 0.6 is 31.9 Å². The average molecular weight is 357 g/mol. The van der Waals surface area contributed by atoms with Crippen molar-refractivity contribution < 1.29 is 8.42 Å². The van der Waals surface area contributed by atoms with Gasteiger partial charge >= 0.3 is 0 Å². The second kappa shape index (κ2) is 4.84. The van der Waals surface area contributed by atoms with Gasteiger partial charge in [0.05, 0.1) is 10.9 Å². The lowest BCUT2D eigenvalue weighted by Crippen LogP contribution is -2.22. The highest BCUT2D eigenvalue weighted by Crippen LogP contribution is 2.27. The Morgan fingerprint density at radius 3 is 2.40 bits per heavy atom. The highest BCUT2D eigenvalue weighted by Gasteiger charge is 2.16. The molecule has 1 N–H and O–H groups in total. The Labute approximate surface area is 107 Å². The van der Waals surface area contributed by atoms with Gasteiger partial charge in [0.2, 0.25) is 10.0 Å². The van der Waals surface area contributed by atoms with Crippen LogP contribution in [0.1, 0.15) is 13.8 Å². The Hall–Kier alpha value is -0.0700. The van der Waals surface area contributed by atoms with Crippen LogP contribution in [0.4, 0.5) is 5.69 Å². The van der Waals surface area contributed by atoms with Crippen LogP contribution in [0.3, 0.4) is 0 Å². The van der Waals surface area contributed by atoms with Gasteiger partial charge in [0.25, 0.3) is 0 Å². The van der Waals surface area contributed by atoms with Gasteiger partial charge in [0.1, 0.15) is 0 Å². The molecule has 0 saturated heterocycles. The Morgan fingerprint density at radius 1 is 1.27 bits per heavy atom. The monoisotopic (exact) mass is 355 g/mol. The molecule has 15 heavy (non-hydrogen) atoms. The third-order valence-electron chi connectivity index (χ3n) is 1.80. The van der Waals surface area contributed by atoms with Crippen LogP contribution in [0, 0.1) is 0 Å². The summed E-state index contributed by atoms with van der Waals surface area (Å²) >= 11 is 6.57. The van der Waals surface area contributed by atoms with E-state index in [4.69, 9.17) is 0 Å². The summed E-state index contributed by atoms with van der Waals surface area (Å²) in [4.78, 5) is 0. The number of nitrogens with one attached hydrogen (secondary N) is 1. The molecule has 1 aromatic rings. The Morgan fingerprint density at radius 2 is 1.87 bits per heavy atom. The van der Waals surface area contributed by atoms with E-state index in [2.05, 4.69) is 36.6 Å². The number of hydrogen-bond acceptors (Lipinski definition) is 2. The van der Waals surface area contributed by atoms with Gasteiger partial charge in [-0.05, 0) is 48.0 Å². The molecule has 3 nitrogen and oxygen atoms in total. The summed E-state index contributed by atoms with van der Waals surface area (Å²) < 4.78 is 27.3. The second-order valence-corrected chi connectivity index (χ2v) is 7.33. The first-order valence-corrected chi connectivity index (χ1v) is 7.43. The number of benzene rings is 1. The Balaban J connectivity index is 3.05. The Kier molecular flexibility index (Phi) is 4.20. The first-order valence-electron chi connectivity index (χ1n) is 4.29. The molecule has 0 radical (unpaired) electrons. The van der Waals surface area contributed by atoms with Crippen molar-refractivity contribution in [2.75, 3.05) is 4.72 Å². The normalized spacial score (nSPS) is 11.8. The first-order chi connectivity index (χ1) is 6.83. The molecule has 0 spiro atoms. The van der Waals surface area contributed by atoms with Crippen molar-refractivity contribution in [3.8, 4) is 0 Å². The summed E-state index contributed by atoms with van der Waals surface area (Å²) in [5, 5.41) is -0.455. The summed E-state index contributed by atoms with van der Waals surface area (Å²) in [5.41, 5.74) is 0.540. The average Bonchev–Trinajstić information content (AvgIpc) is 2.10. The molecular weight excluding hydrogens is 346 g/mol. The van der Waals surface area contributed by atoms with E-state index in [1.165, 1.54) is 0 Å². The van der Waals surface area contributed by atoms with Crippen molar-refractivity contribution in [2.24, 2.45) is 0 Å². The molecule has 1 rings (SSSR count). The summed E-state index contributed by atoms with van der Waals surface area (Å²) in [6, 6.07) is 5.32. The van der Waals surface area contributed by atoms with Crippen LogP contribution in [-0.2, 0) is 10.0 Å². The van der Waals surface area contributed by atoms with E-state index < -0.39 is 15.3 Å². The smallest absolute Gasteiger partial charge is 0.235 e. The molecule has 6 heteroatoms. The topological polar surface area (TPSA) is 46.2 Å². The van der Waals surface area contributed by atoms with Crippen LogP contribution in [0.2, 0.25) is 0 Å². The highest BCUT2D eigenvalue weighted by molar-refractivity contribution is 9.11. The summed E-state index contributed by atoms with van der Waals surface area (Å²) in [6.07, 6.45) is 0. The van der Waals surface area contributed by atoms with Crippen molar-refractivity contribution in [1.82, 2.24) is 0 Å². The SMILES string of the molecule is CC(C)S(=O)(=O)Nc1cc(Br)ccc1Br. The molecule has 84 valence electrons. The molecule has 1 aromatic carbocycles. The fourth-order valence-electron chi connectivity index (χ4n) is 0.847. The lowest BCUT2D eigenvalue weighted by Gasteiger charge is -2.12. The third kappa shape index (κ3) is 3.46. The molecule has 0 saturated carbocycles. The molecule has 0 unspecified atom stereocenters. The van der Waals surface area contributed by atoms with E-state index in [-0.39, 0.29) is 0 Å². The molecule has 0 aliphatic heterocycles. The van der Waals surface area contributed by atoms with Crippen LogP contribution in [0.15, 0.2) is 27.1 Å². The quantitative estimate of drug-likeness (QED) is 0.902. The van der Waals surface area contributed by atoms with Gasteiger partial charge in [-0.15, -0.1) is 0 Å². The number of sulfonamides is 1. The zero-order valence-electron chi connectivity index (χ0n) is 8.29. The molecule has 0 aliphatic carbocycles. The predicted octanol–water partition coefficient (Wildman–Crippen LogP) is 3.36. The van der Waals surface area contributed by atoms with Crippen molar-refractivity contribution >= 4 is 47.6 Å². The minimum atomic E-state index is -3.29. The van der Waals surface area contributed by atoms with E-state index in [1.54, 1.807) is 26.0 Å². The number of rotatable bonds is 3. The lowest BCUT2D eigenvalue weighted by molar-refractivity contribution is 0.593. The van der Waals surface area contributed by atoms with Gasteiger partial charge in [-0.2, -0.15) is 0 Å². The number of hydrogen-bond donors (Lipinski definition) is 1. The molecule has 0 bridgehead atoms. The number of anilines is 1. The van der Waals surface area contributed by atoms with Crippen LogP contribution in [-0.4, -0.2) is 13.7 Å². The maximum atomic E-state index is 11.6. The van der Waals surface area contributed by atoms with E-state index in [0.29, 0.717) is 5.69 Å². The van der Waals surface area contributed by atoms with E-state index in [0.717, 1.165) is 8.95 Å². The van der Waals surface area contributed by atoms with Gasteiger partial charge in [-0.3, -0.25) is 4.72 Å². The van der Waals surface area contributed by atoms with Crippen molar-refractivity contribution in [3.63, 3.8) is 0 Å². The highest BCUT2D eigenvalue weighted by atomic mass is 79.9. The van der Waals surface area contributed by atoms with Crippen LogP contribution < -0.4 is 4.72 Å². The molecule has 0 fully saturated rings. The van der Waals surface area contributed by atoms with E-state index >= 15 is 0 Å². The number of halogens is 2. The maximum absolute atomic E-state index is 11.6. The molecule has 0 aliphatic rings. The van der Waals surface area contributed by atoms with Gasteiger partial charge < -0.3 is 0 Å². The molecule has 0 amide bonds. The van der Waals surface area contributed by atoms with Crippen LogP contribution in [0.5, 0.6) is 0 Å². The third-order valence-corrected chi connectivity index (χ3v) is 4.73. The van der Waals surface area contributed by atoms with Crippen molar-refractivity contribution in [2.45, 2.75) is 19.1 Å². The van der Waals surface area contributed by atoms with Gasteiger partial charge in [-0.1, -0.05) is 15.9 Å². The molecule has 0 atom stereocenters. The van der Waals surface area contributed by atoms with E-state index in [1.807, 2.05) is 6.07 Å². The largest absolute Gasteiger partial charge is 0.282 e.